The standard InChI is InChI=1S/C19H24BrN3O3S/c1-4-26-11-5-10-23(18(25)15-6-8-16(20)9-7-15)12-17(24)22-19-21-13(2)14(3)27-19/h6-9H,4-5,10-12H2,1-3H3,(H,21,22,24). The number of rotatable bonds is 9. The molecule has 0 aliphatic carbocycles. The molecule has 1 aromatic carbocycles. The van der Waals surface area contributed by atoms with Crippen LogP contribution in [0.3, 0.4) is 0 Å². The van der Waals surface area contributed by atoms with Crippen molar-refractivity contribution in [2.24, 2.45) is 0 Å². The van der Waals surface area contributed by atoms with Crippen LogP contribution < -0.4 is 5.32 Å². The summed E-state index contributed by atoms with van der Waals surface area (Å²) in [5.41, 5.74) is 1.44. The fraction of sp³-hybridized carbons (Fsp3) is 0.421. The molecule has 2 aromatic rings. The fourth-order valence-electron chi connectivity index (χ4n) is 2.39. The van der Waals surface area contributed by atoms with Crippen LogP contribution in [0.15, 0.2) is 28.7 Å². The fourth-order valence-corrected chi connectivity index (χ4v) is 3.48. The van der Waals surface area contributed by atoms with Gasteiger partial charge in [-0.25, -0.2) is 4.98 Å². The van der Waals surface area contributed by atoms with Gasteiger partial charge in [-0.05, 0) is 51.5 Å². The van der Waals surface area contributed by atoms with Crippen LogP contribution in [0, 0.1) is 13.8 Å². The van der Waals surface area contributed by atoms with Gasteiger partial charge in [0.05, 0.1) is 5.69 Å². The number of hydrogen-bond acceptors (Lipinski definition) is 5. The molecule has 27 heavy (non-hydrogen) atoms. The van der Waals surface area contributed by atoms with E-state index in [1.807, 2.05) is 32.9 Å². The summed E-state index contributed by atoms with van der Waals surface area (Å²) < 4.78 is 6.25. The van der Waals surface area contributed by atoms with Gasteiger partial charge < -0.3 is 15.0 Å². The predicted molar refractivity (Wildman–Crippen MR) is 111 cm³/mol. The largest absolute Gasteiger partial charge is 0.382 e. The first-order valence-electron chi connectivity index (χ1n) is 8.77. The number of thiazole rings is 1. The lowest BCUT2D eigenvalue weighted by molar-refractivity contribution is -0.116. The lowest BCUT2D eigenvalue weighted by Crippen LogP contribution is -2.39. The Morgan fingerprint density at radius 1 is 1.26 bits per heavy atom. The molecule has 0 spiro atoms. The number of nitrogens with zero attached hydrogens (tertiary/aromatic N) is 2. The molecule has 0 aliphatic rings. The summed E-state index contributed by atoms with van der Waals surface area (Å²) in [6.45, 7) is 7.38. The summed E-state index contributed by atoms with van der Waals surface area (Å²) in [6, 6.07) is 7.11. The van der Waals surface area contributed by atoms with Crippen LogP contribution >= 0.6 is 27.3 Å². The van der Waals surface area contributed by atoms with E-state index in [1.54, 1.807) is 17.0 Å². The van der Waals surface area contributed by atoms with Crippen molar-refractivity contribution in [1.29, 1.82) is 0 Å². The molecule has 0 saturated heterocycles. The van der Waals surface area contributed by atoms with E-state index < -0.39 is 0 Å². The van der Waals surface area contributed by atoms with Crippen molar-refractivity contribution >= 4 is 44.2 Å². The average Bonchev–Trinajstić information content (AvgIpc) is 2.94. The maximum absolute atomic E-state index is 12.8. The lowest BCUT2D eigenvalue weighted by Gasteiger charge is -2.22. The molecule has 0 aliphatic heterocycles. The highest BCUT2D eigenvalue weighted by atomic mass is 79.9. The molecular weight excluding hydrogens is 430 g/mol. The van der Waals surface area contributed by atoms with Gasteiger partial charge in [-0.3, -0.25) is 9.59 Å². The van der Waals surface area contributed by atoms with Gasteiger partial charge in [-0.1, -0.05) is 15.9 Å². The van der Waals surface area contributed by atoms with Crippen LogP contribution in [-0.2, 0) is 9.53 Å². The number of carbonyl (C=O) groups is 2. The second-order valence-corrected chi connectivity index (χ2v) is 8.11. The van der Waals surface area contributed by atoms with E-state index in [4.69, 9.17) is 4.74 Å². The third-order valence-corrected chi connectivity index (χ3v) is 5.43. The molecule has 0 saturated carbocycles. The minimum atomic E-state index is -0.259. The van der Waals surface area contributed by atoms with Crippen molar-refractivity contribution in [3.8, 4) is 0 Å². The van der Waals surface area contributed by atoms with E-state index in [9.17, 15) is 9.59 Å². The first-order chi connectivity index (χ1) is 12.9. The zero-order valence-electron chi connectivity index (χ0n) is 15.8. The SMILES string of the molecule is CCOCCCN(CC(=O)Nc1nc(C)c(C)s1)C(=O)c1ccc(Br)cc1. The molecule has 1 heterocycles. The zero-order chi connectivity index (χ0) is 19.8. The normalized spacial score (nSPS) is 10.7. The summed E-state index contributed by atoms with van der Waals surface area (Å²) in [6.07, 6.45) is 0.666. The van der Waals surface area contributed by atoms with E-state index in [-0.39, 0.29) is 18.4 Å². The number of benzene rings is 1. The van der Waals surface area contributed by atoms with Gasteiger partial charge in [0.1, 0.15) is 6.54 Å². The van der Waals surface area contributed by atoms with Gasteiger partial charge in [0.25, 0.3) is 5.91 Å². The summed E-state index contributed by atoms with van der Waals surface area (Å²) in [5.74, 6) is -0.439. The van der Waals surface area contributed by atoms with Crippen LogP contribution in [0.4, 0.5) is 5.13 Å². The minimum absolute atomic E-state index is 0.0291. The molecule has 0 atom stereocenters. The molecule has 2 rings (SSSR count). The first-order valence-corrected chi connectivity index (χ1v) is 10.4. The number of ether oxygens (including phenoxy) is 1. The first kappa shape index (κ1) is 21.5. The number of anilines is 1. The molecule has 0 unspecified atom stereocenters. The molecular formula is C19H24BrN3O3S. The van der Waals surface area contributed by atoms with E-state index in [0.717, 1.165) is 15.0 Å². The highest BCUT2D eigenvalue weighted by molar-refractivity contribution is 9.10. The maximum Gasteiger partial charge on any atom is 0.254 e. The van der Waals surface area contributed by atoms with Crippen molar-refractivity contribution in [3.63, 3.8) is 0 Å². The summed E-state index contributed by atoms with van der Waals surface area (Å²) in [7, 11) is 0. The molecule has 6 nitrogen and oxygen atoms in total. The number of aromatic nitrogens is 1. The van der Waals surface area contributed by atoms with Gasteiger partial charge in [-0.2, -0.15) is 0 Å². The molecule has 146 valence electrons. The highest BCUT2D eigenvalue weighted by Gasteiger charge is 2.19. The smallest absolute Gasteiger partial charge is 0.254 e. The molecule has 2 amide bonds. The number of nitrogens with one attached hydrogen (secondary N) is 1. The van der Waals surface area contributed by atoms with Crippen LogP contribution in [-0.4, -0.2) is 48.0 Å². The van der Waals surface area contributed by atoms with E-state index in [2.05, 4.69) is 26.2 Å². The molecule has 8 heteroatoms. The molecule has 1 N–H and O–H groups in total. The predicted octanol–water partition coefficient (Wildman–Crippen LogP) is 4.03. The van der Waals surface area contributed by atoms with Gasteiger partial charge >= 0.3 is 0 Å². The summed E-state index contributed by atoms with van der Waals surface area (Å²) in [5, 5.41) is 3.34. The molecule has 1 aromatic heterocycles. The van der Waals surface area contributed by atoms with Crippen molar-refractivity contribution in [1.82, 2.24) is 9.88 Å². The topological polar surface area (TPSA) is 71.5 Å². The Morgan fingerprint density at radius 2 is 1.96 bits per heavy atom. The highest BCUT2D eigenvalue weighted by Crippen LogP contribution is 2.21. The van der Waals surface area contributed by atoms with E-state index in [0.29, 0.717) is 36.9 Å². The Kier molecular flexibility index (Phi) is 8.40. The second-order valence-electron chi connectivity index (χ2n) is 5.99. The molecule has 0 fully saturated rings. The van der Waals surface area contributed by atoms with Gasteiger partial charge in [0, 0.05) is 34.7 Å². The Morgan fingerprint density at radius 3 is 2.56 bits per heavy atom. The van der Waals surface area contributed by atoms with Gasteiger partial charge in [-0.15, -0.1) is 11.3 Å². The Labute approximate surface area is 172 Å². The van der Waals surface area contributed by atoms with Crippen molar-refractivity contribution < 1.29 is 14.3 Å². The van der Waals surface area contributed by atoms with Gasteiger partial charge in [0.2, 0.25) is 5.91 Å². The van der Waals surface area contributed by atoms with Crippen LogP contribution in [0.1, 0.15) is 34.3 Å². The number of amides is 2. The average molecular weight is 454 g/mol. The number of carbonyl (C=O) groups excluding carboxylic acids is 2. The third kappa shape index (κ3) is 6.71. The monoisotopic (exact) mass is 453 g/mol. The zero-order valence-corrected chi connectivity index (χ0v) is 18.2. The van der Waals surface area contributed by atoms with Crippen molar-refractivity contribution in [3.05, 3.63) is 44.9 Å². The van der Waals surface area contributed by atoms with Crippen molar-refractivity contribution in [2.75, 3.05) is 31.6 Å². The summed E-state index contributed by atoms with van der Waals surface area (Å²) in [4.78, 5) is 32.2. The van der Waals surface area contributed by atoms with Gasteiger partial charge in [0.15, 0.2) is 5.13 Å². The van der Waals surface area contributed by atoms with E-state index >= 15 is 0 Å². The minimum Gasteiger partial charge on any atom is -0.382 e. The maximum atomic E-state index is 12.8. The number of halogens is 1. The number of hydrogen-bond donors (Lipinski definition) is 1. The van der Waals surface area contributed by atoms with Crippen LogP contribution in [0.25, 0.3) is 0 Å². The molecule has 0 bridgehead atoms. The molecule has 0 radical (unpaired) electrons. The van der Waals surface area contributed by atoms with Crippen LogP contribution in [0.5, 0.6) is 0 Å². The van der Waals surface area contributed by atoms with Crippen molar-refractivity contribution in [2.45, 2.75) is 27.2 Å². The van der Waals surface area contributed by atoms with Crippen LogP contribution in [0.2, 0.25) is 0 Å². The quantitative estimate of drug-likeness (QED) is 0.581. The Hall–Kier alpha value is -1.77. The summed E-state index contributed by atoms with van der Waals surface area (Å²) >= 11 is 4.79. The Bertz CT molecular complexity index is 758. The van der Waals surface area contributed by atoms with E-state index in [1.165, 1.54) is 11.3 Å². The lowest BCUT2D eigenvalue weighted by atomic mass is 10.2. The Balaban J connectivity index is 2.04. The number of aryl methyl sites for hydroxylation is 2. The second kappa shape index (κ2) is 10.5. The third-order valence-electron chi connectivity index (χ3n) is 3.91.